The molecule has 0 N–H and O–H groups in total. The van der Waals surface area contributed by atoms with Crippen molar-refractivity contribution in [2.45, 2.75) is 19.3 Å². The average molecular weight is 296 g/mol. The van der Waals surface area contributed by atoms with Crippen LogP contribution in [0, 0.1) is 5.41 Å². The third-order valence-corrected chi connectivity index (χ3v) is 3.90. The van der Waals surface area contributed by atoms with Crippen LogP contribution in [-0.2, 0) is 14.3 Å². The summed E-state index contributed by atoms with van der Waals surface area (Å²) in [5, 5.41) is 0. The molecule has 0 aliphatic heterocycles. The van der Waals surface area contributed by atoms with Crippen molar-refractivity contribution in [1.82, 2.24) is 0 Å². The van der Waals surface area contributed by atoms with E-state index in [1.807, 2.05) is 36.4 Å². The van der Waals surface area contributed by atoms with Crippen molar-refractivity contribution in [3.63, 3.8) is 0 Å². The topological polar surface area (TPSA) is 43.4 Å². The fourth-order valence-electron chi connectivity index (χ4n) is 2.76. The number of hydrogen-bond donors (Lipinski definition) is 0. The number of rotatable bonds is 6. The summed E-state index contributed by atoms with van der Waals surface area (Å²) in [4.78, 5) is 25.1. The molecule has 0 saturated heterocycles. The van der Waals surface area contributed by atoms with Crippen molar-refractivity contribution < 1.29 is 14.3 Å². The van der Waals surface area contributed by atoms with Crippen molar-refractivity contribution in [1.29, 1.82) is 0 Å². The number of carbonyl (C=O) groups excluding carboxylic acids is 2. The van der Waals surface area contributed by atoms with Crippen molar-refractivity contribution in [2.24, 2.45) is 5.41 Å². The number of allylic oxidation sites excluding steroid dienone is 2. The van der Waals surface area contributed by atoms with E-state index in [2.05, 4.69) is 13.2 Å². The first-order valence-corrected chi connectivity index (χ1v) is 7.33. The second kappa shape index (κ2) is 7.03. The van der Waals surface area contributed by atoms with E-state index >= 15 is 0 Å². The quantitative estimate of drug-likeness (QED) is 0.348. The maximum absolute atomic E-state index is 12.8. The standard InChI is InChI=1S/C19H20O3/c1-3-11-19(18(21)22-13-4-2)12-10-16(17(19)20)14-15-8-6-5-7-9-15/h3-9,14H,1-2,10-13H2. The zero-order chi connectivity index (χ0) is 16.0. The van der Waals surface area contributed by atoms with E-state index in [4.69, 9.17) is 4.74 Å². The first-order chi connectivity index (χ1) is 10.6. The molecular weight excluding hydrogens is 276 g/mol. The van der Waals surface area contributed by atoms with Gasteiger partial charge < -0.3 is 4.74 Å². The van der Waals surface area contributed by atoms with Gasteiger partial charge in [0.05, 0.1) is 0 Å². The zero-order valence-electron chi connectivity index (χ0n) is 12.6. The minimum absolute atomic E-state index is 0.114. The zero-order valence-corrected chi connectivity index (χ0v) is 12.6. The Morgan fingerprint density at radius 2 is 1.95 bits per heavy atom. The van der Waals surface area contributed by atoms with Crippen LogP contribution in [0.25, 0.3) is 6.08 Å². The van der Waals surface area contributed by atoms with Gasteiger partial charge in [-0.1, -0.05) is 49.1 Å². The molecule has 1 aromatic carbocycles. The molecule has 0 amide bonds. The van der Waals surface area contributed by atoms with Crippen LogP contribution in [0.1, 0.15) is 24.8 Å². The summed E-state index contributed by atoms with van der Waals surface area (Å²) in [5.74, 6) is -0.626. The molecule has 2 rings (SSSR count). The lowest BCUT2D eigenvalue weighted by molar-refractivity contribution is -0.157. The van der Waals surface area contributed by atoms with Gasteiger partial charge in [0.25, 0.3) is 0 Å². The van der Waals surface area contributed by atoms with Crippen molar-refractivity contribution in [3.8, 4) is 0 Å². The maximum Gasteiger partial charge on any atom is 0.320 e. The first kappa shape index (κ1) is 16.0. The van der Waals surface area contributed by atoms with Crippen LogP contribution in [0.3, 0.4) is 0 Å². The lowest BCUT2D eigenvalue weighted by atomic mass is 9.81. The van der Waals surface area contributed by atoms with E-state index in [0.29, 0.717) is 24.8 Å². The largest absolute Gasteiger partial charge is 0.461 e. The van der Waals surface area contributed by atoms with E-state index in [9.17, 15) is 9.59 Å². The fraction of sp³-hybridized carbons (Fsp3) is 0.263. The summed E-state index contributed by atoms with van der Waals surface area (Å²) < 4.78 is 5.15. The lowest BCUT2D eigenvalue weighted by Crippen LogP contribution is -2.37. The number of ketones is 1. The van der Waals surface area contributed by atoms with Crippen molar-refractivity contribution >= 4 is 17.8 Å². The third-order valence-electron chi connectivity index (χ3n) is 3.90. The summed E-state index contributed by atoms with van der Waals surface area (Å²) >= 11 is 0. The molecule has 1 aliphatic carbocycles. The van der Waals surface area contributed by atoms with Crippen LogP contribution >= 0.6 is 0 Å². The van der Waals surface area contributed by atoms with Crippen molar-refractivity contribution in [3.05, 3.63) is 66.8 Å². The highest BCUT2D eigenvalue weighted by atomic mass is 16.5. The summed E-state index contributed by atoms with van der Waals surface area (Å²) in [7, 11) is 0. The van der Waals surface area contributed by atoms with Gasteiger partial charge in [-0.2, -0.15) is 0 Å². The molecule has 1 aromatic rings. The second-order valence-corrected chi connectivity index (χ2v) is 5.37. The van der Waals surface area contributed by atoms with Crippen LogP contribution in [-0.4, -0.2) is 18.4 Å². The summed E-state index contributed by atoms with van der Waals surface area (Å²) in [6.07, 6.45) is 6.30. The predicted octanol–water partition coefficient (Wildman–Crippen LogP) is 3.72. The first-order valence-electron chi connectivity index (χ1n) is 7.33. The number of benzene rings is 1. The van der Waals surface area contributed by atoms with Gasteiger partial charge in [0.15, 0.2) is 5.78 Å². The van der Waals surface area contributed by atoms with E-state index in [1.54, 1.807) is 6.08 Å². The molecule has 114 valence electrons. The number of ether oxygens (including phenoxy) is 1. The summed E-state index contributed by atoms with van der Waals surface area (Å²) in [5.41, 5.74) is 0.508. The van der Waals surface area contributed by atoms with Gasteiger partial charge in [0, 0.05) is 0 Å². The van der Waals surface area contributed by atoms with Gasteiger partial charge >= 0.3 is 5.97 Å². The number of hydrogen-bond acceptors (Lipinski definition) is 3. The number of esters is 1. The molecule has 3 nitrogen and oxygen atoms in total. The molecular formula is C19H20O3. The smallest absolute Gasteiger partial charge is 0.320 e. The van der Waals surface area contributed by atoms with Crippen LogP contribution < -0.4 is 0 Å². The van der Waals surface area contributed by atoms with E-state index in [-0.39, 0.29) is 12.4 Å². The Balaban J connectivity index is 2.29. The Morgan fingerprint density at radius 1 is 1.23 bits per heavy atom. The monoisotopic (exact) mass is 296 g/mol. The van der Waals surface area contributed by atoms with E-state index < -0.39 is 11.4 Å². The van der Waals surface area contributed by atoms with Crippen LogP contribution in [0.15, 0.2) is 61.2 Å². The Hall–Kier alpha value is -2.42. The second-order valence-electron chi connectivity index (χ2n) is 5.37. The molecule has 1 fully saturated rings. The van der Waals surface area contributed by atoms with E-state index in [0.717, 1.165) is 5.56 Å². The van der Waals surface area contributed by atoms with Crippen LogP contribution in [0.5, 0.6) is 0 Å². The molecule has 1 atom stereocenters. The molecule has 3 heteroatoms. The molecule has 0 heterocycles. The van der Waals surface area contributed by atoms with E-state index in [1.165, 1.54) is 6.08 Å². The summed E-state index contributed by atoms with van der Waals surface area (Å²) in [6.45, 7) is 7.31. The fourth-order valence-corrected chi connectivity index (χ4v) is 2.76. The number of Topliss-reactive ketones (excluding diaryl/α,β-unsaturated/α-hetero) is 1. The Morgan fingerprint density at radius 3 is 2.59 bits per heavy atom. The maximum atomic E-state index is 12.8. The molecule has 1 unspecified atom stereocenters. The van der Waals surface area contributed by atoms with Gasteiger partial charge in [-0.05, 0) is 36.5 Å². The van der Waals surface area contributed by atoms with Crippen LogP contribution in [0.4, 0.5) is 0 Å². The highest BCUT2D eigenvalue weighted by molar-refractivity contribution is 6.16. The number of carbonyl (C=O) groups is 2. The Labute approximate surface area is 131 Å². The SMILES string of the molecule is C=CCOC(=O)C1(CC=C)CCC(=Cc2ccccc2)C1=O. The van der Waals surface area contributed by atoms with Gasteiger partial charge in [-0.15, -0.1) is 6.58 Å². The average Bonchev–Trinajstić information content (AvgIpc) is 2.84. The molecule has 1 saturated carbocycles. The minimum Gasteiger partial charge on any atom is -0.461 e. The molecule has 22 heavy (non-hydrogen) atoms. The lowest BCUT2D eigenvalue weighted by Gasteiger charge is -2.23. The molecule has 1 aliphatic rings. The highest BCUT2D eigenvalue weighted by Gasteiger charge is 2.51. The van der Waals surface area contributed by atoms with Gasteiger partial charge in [-0.25, -0.2) is 0 Å². The predicted molar refractivity (Wildman–Crippen MR) is 87.1 cm³/mol. The third kappa shape index (κ3) is 3.08. The van der Waals surface area contributed by atoms with Gasteiger partial charge in [0.1, 0.15) is 12.0 Å². The normalized spacial score (nSPS) is 22.5. The van der Waals surface area contributed by atoms with Crippen LogP contribution in [0.2, 0.25) is 0 Å². The molecule has 0 bridgehead atoms. The molecule has 0 radical (unpaired) electrons. The van der Waals surface area contributed by atoms with Gasteiger partial charge in [-0.3, -0.25) is 9.59 Å². The molecule has 0 aromatic heterocycles. The molecule has 0 spiro atoms. The summed E-state index contributed by atoms with van der Waals surface area (Å²) in [6, 6.07) is 9.63. The van der Waals surface area contributed by atoms with Crippen molar-refractivity contribution in [2.75, 3.05) is 6.61 Å². The Bertz CT molecular complexity index is 613. The highest BCUT2D eigenvalue weighted by Crippen LogP contribution is 2.43. The van der Waals surface area contributed by atoms with Gasteiger partial charge in [0.2, 0.25) is 0 Å². The minimum atomic E-state index is -1.12. The Kier molecular flexibility index (Phi) is 5.10.